The van der Waals surface area contributed by atoms with E-state index in [1.54, 1.807) is 6.92 Å². The second-order valence-electron chi connectivity index (χ2n) is 7.59. The third kappa shape index (κ3) is 3.30. The smallest absolute Gasteiger partial charge is 0.344 e. The Morgan fingerprint density at radius 1 is 1.13 bits per heavy atom. The predicted octanol–water partition coefficient (Wildman–Crippen LogP) is 2.78. The summed E-state index contributed by atoms with van der Waals surface area (Å²) in [6.07, 6.45) is 6.00. The molecule has 0 heterocycles. The van der Waals surface area contributed by atoms with Gasteiger partial charge in [0, 0.05) is 18.6 Å². The number of hydrogen-bond donors (Lipinski definition) is 0. The van der Waals surface area contributed by atoms with Gasteiger partial charge in [-0.05, 0) is 57.8 Å². The average Bonchev–Trinajstić information content (AvgIpc) is 2.42. The van der Waals surface area contributed by atoms with Crippen LogP contribution >= 0.6 is 0 Å². The molecule has 4 saturated carbocycles. The summed E-state index contributed by atoms with van der Waals surface area (Å²) < 4.78 is 16.8. The monoisotopic (exact) mass is 322 g/mol. The lowest BCUT2D eigenvalue weighted by molar-refractivity contribution is -0.234. The minimum atomic E-state index is -0.557. The molecule has 0 aromatic carbocycles. The van der Waals surface area contributed by atoms with Gasteiger partial charge in [-0.1, -0.05) is 6.58 Å². The second kappa shape index (κ2) is 5.93. The van der Waals surface area contributed by atoms with Crippen molar-refractivity contribution in [2.24, 2.45) is 11.8 Å². The minimum absolute atomic E-state index is 0.118. The van der Waals surface area contributed by atoms with Crippen molar-refractivity contribution in [1.82, 2.24) is 0 Å². The van der Waals surface area contributed by atoms with Crippen molar-refractivity contribution >= 4 is 11.9 Å². The summed E-state index contributed by atoms with van der Waals surface area (Å²) in [6.45, 7) is 7.43. The van der Waals surface area contributed by atoms with Crippen LogP contribution in [0.4, 0.5) is 0 Å². The molecular formula is C18H26O5. The van der Waals surface area contributed by atoms with E-state index in [1.807, 2.05) is 6.92 Å². The highest BCUT2D eigenvalue weighted by Gasteiger charge is 2.60. The summed E-state index contributed by atoms with van der Waals surface area (Å²) in [7, 11) is 0. The van der Waals surface area contributed by atoms with Gasteiger partial charge in [-0.3, -0.25) is 0 Å². The first-order valence-corrected chi connectivity index (χ1v) is 8.54. The molecule has 5 nitrogen and oxygen atoms in total. The molecule has 4 aliphatic rings. The van der Waals surface area contributed by atoms with E-state index in [4.69, 9.17) is 14.2 Å². The third-order valence-corrected chi connectivity index (χ3v) is 5.40. The Balaban J connectivity index is 1.64. The summed E-state index contributed by atoms with van der Waals surface area (Å²) in [5, 5.41) is 0. The highest BCUT2D eigenvalue weighted by atomic mass is 16.6. The Morgan fingerprint density at radius 3 is 2.30 bits per heavy atom. The molecule has 0 amide bonds. The van der Waals surface area contributed by atoms with E-state index in [2.05, 4.69) is 6.58 Å². The molecule has 2 unspecified atom stereocenters. The van der Waals surface area contributed by atoms with Gasteiger partial charge in [0.2, 0.25) is 0 Å². The van der Waals surface area contributed by atoms with Crippen LogP contribution in [0.1, 0.15) is 52.4 Å². The van der Waals surface area contributed by atoms with Crippen LogP contribution in [-0.2, 0) is 23.8 Å². The van der Waals surface area contributed by atoms with Crippen molar-refractivity contribution in [3.63, 3.8) is 0 Å². The topological polar surface area (TPSA) is 61.8 Å². The zero-order valence-corrected chi connectivity index (χ0v) is 14.1. The molecule has 4 fully saturated rings. The van der Waals surface area contributed by atoms with Crippen molar-refractivity contribution in [2.45, 2.75) is 63.6 Å². The van der Waals surface area contributed by atoms with Crippen LogP contribution in [0.2, 0.25) is 0 Å². The fourth-order valence-electron chi connectivity index (χ4n) is 5.21. The quantitative estimate of drug-likeness (QED) is 0.556. The fraction of sp³-hybridized carbons (Fsp3) is 0.778. The Hall–Kier alpha value is -1.36. The molecule has 0 radical (unpaired) electrons. The molecule has 2 atom stereocenters. The third-order valence-electron chi connectivity index (χ3n) is 5.40. The lowest BCUT2D eigenvalue weighted by atomic mass is 9.52. The van der Waals surface area contributed by atoms with Crippen molar-refractivity contribution in [2.75, 3.05) is 13.2 Å². The Morgan fingerprint density at radius 2 is 1.74 bits per heavy atom. The van der Waals surface area contributed by atoms with E-state index in [9.17, 15) is 9.59 Å². The highest BCUT2D eigenvalue weighted by molar-refractivity contribution is 5.88. The molecule has 23 heavy (non-hydrogen) atoms. The summed E-state index contributed by atoms with van der Waals surface area (Å²) >= 11 is 0. The summed E-state index contributed by atoms with van der Waals surface area (Å²) in [5.74, 6) is 0.133. The van der Waals surface area contributed by atoms with Crippen LogP contribution in [0.15, 0.2) is 12.2 Å². The summed E-state index contributed by atoms with van der Waals surface area (Å²) in [4.78, 5) is 23.5. The maximum absolute atomic E-state index is 12.1. The molecule has 4 aliphatic carbocycles. The van der Waals surface area contributed by atoms with Gasteiger partial charge in [-0.15, -0.1) is 0 Å². The van der Waals surface area contributed by atoms with Gasteiger partial charge in [0.15, 0.2) is 6.61 Å². The number of esters is 2. The van der Waals surface area contributed by atoms with Crippen LogP contribution < -0.4 is 0 Å². The van der Waals surface area contributed by atoms with E-state index in [1.165, 1.54) is 6.42 Å². The summed E-state index contributed by atoms with van der Waals surface area (Å²) in [6, 6.07) is 0. The van der Waals surface area contributed by atoms with Gasteiger partial charge in [0.25, 0.3) is 0 Å². The van der Waals surface area contributed by atoms with Gasteiger partial charge in [-0.2, -0.15) is 0 Å². The average molecular weight is 322 g/mol. The van der Waals surface area contributed by atoms with Crippen LogP contribution in [0.5, 0.6) is 0 Å². The first-order valence-electron chi connectivity index (χ1n) is 8.54. The van der Waals surface area contributed by atoms with Crippen molar-refractivity contribution in [3.05, 3.63) is 12.2 Å². The molecule has 0 spiro atoms. The maximum Gasteiger partial charge on any atom is 0.344 e. The lowest BCUT2D eigenvalue weighted by Gasteiger charge is -2.60. The molecule has 0 aliphatic heterocycles. The van der Waals surface area contributed by atoms with E-state index in [-0.39, 0.29) is 17.8 Å². The molecule has 4 bridgehead atoms. The molecule has 4 rings (SSSR count). The molecule has 0 aromatic heterocycles. The molecule has 0 N–H and O–H groups in total. The number of carbonyl (C=O) groups excluding carboxylic acids is 2. The molecule has 0 aromatic rings. The van der Waals surface area contributed by atoms with E-state index >= 15 is 0 Å². The van der Waals surface area contributed by atoms with Gasteiger partial charge in [-0.25, -0.2) is 9.59 Å². The Labute approximate surface area is 137 Å². The van der Waals surface area contributed by atoms with Gasteiger partial charge < -0.3 is 14.2 Å². The SMILES string of the molecule is C=C(C)C(=O)OCC(=O)OC12CC3CC(CC(OCC)(C3)C1)C2. The van der Waals surface area contributed by atoms with Crippen LogP contribution in [0, 0.1) is 11.8 Å². The van der Waals surface area contributed by atoms with Gasteiger partial charge in [0.1, 0.15) is 5.60 Å². The van der Waals surface area contributed by atoms with E-state index in [0.29, 0.717) is 18.4 Å². The first-order chi connectivity index (χ1) is 10.9. The van der Waals surface area contributed by atoms with Gasteiger partial charge >= 0.3 is 11.9 Å². The van der Waals surface area contributed by atoms with Crippen LogP contribution in [0.25, 0.3) is 0 Å². The standard InChI is InChI=1S/C18H26O5/c1-4-22-17-6-13-5-14(7-17)9-18(8-13,11-17)23-15(19)10-21-16(20)12(2)3/h13-14H,2,4-11H2,1,3H3. The second-order valence-corrected chi connectivity index (χ2v) is 7.59. The maximum atomic E-state index is 12.1. The molecule has 0 saturated heterocycles. The van der Waals surface area contributed by atoms with Crippen LogP contribution in [0.3, 0.4) is 0 Å². The molecule has 5 heteroatoms. The van der Waals surface area contributed by atoms with Gasteiger partial charge in [0.05, 0.1) is 5.60 Å². The number of ether oxygens (including phenoxy) is 3. The molecular weight excluding hydrogens is 296 g/mol. The Bertz CT molecular complexity index is 510. The number of carbonyl (C=O) groups is 2. The highest BCUT2D eigenvalue weighted by Crippen LogP contribution is 2.60. The van der Waals surface area contributed by atoms with Crippen molar-refractivity contribution < 1.29 is 23.8 Å². The summed E-state index contributed by atoms with van der Waals surface area (Å²) in [5.41, 5.74) is -0.262. The van der Waals surface area contributed by atoms with Crippen LogP contribution in [-0.4, -0.2) is 36.4 Å². The predicted molar refractivity (Wildman–Crippen MR) is 83.6 cm³/mol. The fourth-order valence-corrected chi connectivity index (χ4v) is 5.21. The molecule has 128 valence electrons. The lowest BCUT2D eigenvalue weighted by Crippen LogP contribution is -2.61. The number of rotatable bonds is 6. The van der Waals surface area contributed by atoms with Crippen molar-refractivity contribution in [3.8, 4) is 0 Å². The van der Waals surface area contributed by atoms with Crippen molar-refractivity contribution in [1.29, 1.82) is 0 Å². The number of hydrogen-bond acceptors (Lipinski definition) is 5. The van der Waals surface area contributed by atoms with E-state index < -0.39 is 17.5 Å². The normalized spacial score (nSPS) is 37.5. The zero-order valence-electron chi connectivity index (χ0n) is 14.1. The minimum Gasteiger partial charge on any atom is -0.456 e. The van der Waals surface area contributed by atoms with E-state index in [0.717, 1.165) is 32.1 Å². The first kappa shape index (κ1) is 16.5. The zero-order chi connectivity index (χ0) is 16.7. The Kier molecular flexibility index (Phi) is 4.25. The largest absolute Gasteiger partial charge is 0.456 e.